The fourth-order valence-electron chi connectivity index (χ4n) is 0.863. The number of hydrogen-bond acceptors (Lipinski definition) is 3. The van der Waals surface area contributed by atoms with Crippen molar-refractivity contribution in [3.63, 3.8) is 0 Å². The summed E-state index contributed by atoms with van der Waals surface area (Å²) in [7, 11) is 0. The average Bonchev–Trinajstić information content (AvgIpc) is 1.82. The van der Waals surface area contributed by atoms with Crippen LogP contribution in [0, 0.1) is 5.92 Å². The molecule has 0 rings (SSSR count). The Bertz CT molecular complexity index is 128. The van der Waals surface area contributed by atoms with Gasteiger partial charge in [0.1, 0.15) is 0 Å². The van der Waals surface area contributed by atoms with Crippen LogP contribution < -0.4 is 11.5 Å². The molecular formula is C7H16N2OS. The lowest BCUT2D eigenvalue weighted by atomic mass is 10.1. The first kappa shape index (κ1) is 10.8. The van der Waals surface area contributed by atoms with Crippen LogP contribution in [0.1, 0.15) is 20.3 Å². The number of hydrogen-bond donors (Lipinski definition) is 2. The molecule has 0 saturated carbocycles. The van der Waals surface area contributed by atoms with Gasteiger partial charge in [-0.05, 0) is 12.3 Å². The van der Waals surface area contributed by atoms with Crippen LogP contribution in [0.2, 0.25) is 0 Å². The summed E-state index contributed by atoms with van der Waals surface area (Å²) in [4.78, 5) is 10.3. The molecule has 0 aromatic carbocycles. The van der Waals surface area contributed by atoms with Crippen molar-refractivity contribution in [2.45, 2.75) is 26.3 Å². The molecule has 4 heteroatoms. The molecule has 0 fully saturated rings. The van der Waals surface area contributed by atoms with Gasteiger partial charge < -0.3 is 11.5 Å². The molecule has 0 spiro atoms. The summed E-state index contributed by atoms with van der Waals surface area (Å²) in [6.07, 6.45) is 0.945. The van der Waals surface area contributed by atoms with Crippen LogP contribution in [0.3, 0.4) is 0 Å². The first-order chi connectivity index (χ1) is 5.02. The van der Waals surface area contributed by atoms with Crippen LogP contribution in [-0.2, 0) is 0 Å². The van der Waals surface area contributed by atoms with E-state index in [0.717, 1.165) is 18.2 Å². The number of carbonyl (C=O) groups excluding carboxylic acids is 1. The molecule has 0 radical (unpaired) electrons. The Labute approximate surface area is 71.9 Å². The Balaban J connectivity index is 3.37. The van der Waals surface area contributed by atoms with E-state index in [-0.39, 0.29) is 11.3 Å². The van der Waals surface area contributed by atoms with Crippen molar-refractivity contribution in [2.24, 2.45) is 17.4 Å². The summed E-state index contributed by atoms with van der Waals surface area (Å²) in [5.74, 6) is 1.21. The Morgan fingerprint density at radius 3 is 2.45 bits per heavy atom. The molecule has 0 bridgehead atoms. The van der Waals surface area contributed by atoms with Crippen LogP contribution in [0.25, 0.3) is 0 Å². The molecule has 11 heavy (non-hydrogen) atoms. The van der Waals surface area contributed by atoms with Gasteiger partial charge in [-0.25, -0.2) is 0 Å². The molecule has 3 nitrogen and oxygen atoms in total. The van der Waals surface area contributed by atoms with Crippen LogP contribution in [0.4, 0.5) is 4.79 Å². The van der Waals surface area contributed by atoms with Crippen molar-refractivity contribution < 1.29 is 4.79 Å². The standard InChI is InChI=1S/C7H16N2OS/c1-5(2)3-6(8)4-11-7(9)10/h5-6H,3-4,8H2,1-2H3,(H2,9,10). The van der Waals surface area contributed by atoms with Crippen LogP contribution in [0.15, 0.2) is 0 Å². The second kappa shape index (κ2) is 5.43. The summed E-state index contributed by atoms with van der Waals surface area (Å²) in [5, 5.41) is -0.343. The Kier molecular flexibility index (Phi) is 5.32. The Morgan fingerprint density at radius 2 is 2.09 bits per heavy atom. The number of amides is 1. The minimum Gasteiger partial charge on any atom is -0.361 e. The molecule has 1 unspecified atom stereocenters. The summed E-state index contributed by atoms with van der Waals surface area (Å²) in [5.41, 5.74) is 10.6. The van der Waals surface area contributed by atoms with Gasteiger partial charge in [0.05, 0.1) is 0 Å². The van der Waals surface area contributed by atoms with Crippen molar-refractivity contribution >= 4 is 17.0 Å². The molecule has 0 saturated heterocycles. The topological polar surface area (TPSA) is 69.1 Å². The van der Waals surface area contributed by atoms with Crippen LogP contribution >= 0.6 is 11.8 Å². The smallest absolute Gasteiger partial charge is 0.276 e. The van der Waals surface area contributed by atoms with E-state index in [2.05, 4.69) is 13.8 Å². The Morgan fingerprint density at radius 1 is 1.55 bits per heavy atom. The van der Waals surface area contributed by atoms with Crippen molar-refractivity contribution in [2.75, 3.05) is 5.75 Å². The largest absolute Gasteiger partial charge is 0.361 e. The summed E-state index contributed by atoms with van der Waals surface area (Å²) in [6, 6.07) is 0.0903. The zero-order valence-electron chi connectivity index (χ0n) is 7.04. The van der Waals surface area contributed by atoms with E-state index in [0.29, 0.717) is 11.7 Å². The van der Waals surface area contributed by atoms with Crippen molar-refractivity contribution in [3.8, 4) is 0 Å². The maximum Gasteiger partial charge on any atom is 0.276 e. The van der Waals surface area contributed by atoms with Crippen LogP contribution in [0.5, 0.6) is 0 Å². The quantitative estimate of drug-likeness (QED) is 0.675. The van der Waals surface area contributed by atoms with Gasteiger partial charge in [0.25, 0.3) is 5.24 Å². The van der Waals surface area contributed by atoms with Crippen LogP contribution in [-0.4, -0.2) is 17.0 Å². The second-order valence-corrected chi connectivity index (χ2v) is 4.04. The average molecular weight is 176 g/mol. The normalized spacial score (nSPS) is 13.5. The van der Waals surface area contributed by atoms with Gasteiger partial charge in [-0.2, -0.15) is 0 Å². The monoisotopic (exact) mass is 176 g/mol. The third-order valence-electron chi connectivity index (χ3n) is 1.21. The van der Waals surface area contributed by atoms with E-state index in [1.165, 1.54) is 0 Å². The van der Waals surface area contributed by atoms with E-state index >= 15 is 0 Å². The van der Waals surface area contributed by atoms with Crippen molar-refractivity contribution in [3.05, 3.63) is 0 Å². The molecule has 0 aliphatic heterocycles. The predicted octanol–water partition coefficient (Wildman–Crippen LogP) is 1.17. The molecule has 0 aromatic rings. The van der Waals surface area contributed by atoms with E-state index in [4.69, 9.17) is 11.5 Å². The van der Waals surface area contributed by atoms with E-state index in [1.54, 1.807) is 0 Å². The molecule has 0 aliphatic carbocycles. The third kappa shape index (κ3) is 7.68. The maximum atomic E-state index is 10.3. The van der Waals surface area contributed by atoms with E-state index in [9.17, 15) is 4.79 Å². The minimum atomic E-state index is -0.343. The first-order valence-corrected chi connectivity index (χ1v) is 4.68. The predicted molar refractivity (Wildman–Crippen MR) is 49.5 cm³/mol. The SMILES string of the molecule is CC(C)CC(N)CSC(N)=O. The maximum absolute atomic E-state index is 10.3. The van der Waals surface area contributed by atoms with E-state index in [1.807, 2.05) is 0 Å². The molecule has 4 N–H and O–H groups in total. The van der Waals surface area contributed by atoms with Gasteiger partial charge in [0.2, 0.25) is 0 Å². The first-order valence-electron chi connectivity index (χ1n) is 3.70. The van der Waals surface area contributed by atoms with E-state index < -0.39 is 0 Å². The molecule has 0 heterocycles. The van der Waals surface area contributed by atoms with Gasteiger partial charge in [-0.1, -0.05) is 25.6 Å². The summed E-state index contributed by atoms with van der Waals surface area (Å²) >= 11 is 1.10. The van der Waals surface area contributed by atoms with Gasteiger partial charge >= 0.3 is 0 Å². The minimum absolute atomic E-state index is 0.0903. The highest BCUT2D eigenvalue weighted by molar-refractivity contribution is 8.13. The molecule has 0 aromatic heterocycles. The fraction of sp³-hybridized carbons (Fsp3) is 0.857. The zero-order valence-corrected chi connectivity index (χ0v) is 7.86. The molecular weight excluding hydrogens is 160 g/mol. The molecule has 66 valence electrons. The highest BCUT2D eigenvalue weighted by Crippen LogP contribution is 2.08. The lowest BCUT2D eigenvalue weighted by Gasteiger charge is -2.11. The van der Waals surface area contributed by atoms with Gasteiger partial charge in [0, 0.05) is 11.8 Å². The fourth-order valence-corrected chi connectivity index (χ4v) is 1.38. The number of rotatable bonds is 4. The van der Waals surface area contributed by atoms with Gasteiger partial charge in [-0.15, -0.1) is 0 Å². The number of thioether (sulfide) groups is 1. The lowest BCUT2D eigenvalue weighted by Crippen LogP contribution is -2.26. The lowest BCUT2D eigenvalue weighted by molar-refractivity contribution is 0.267. The Hall–Kier alpha value is -0.220. The molecule has 0 aliphatic rings. The third-order valence-corrected chi connectivity index (χ3v) is 2.09. The molecule has 1 atom stereocenters. The zero-order chi connectivity index (χ0) is 8.85. The number of carbonyl (C=O) groups is 1. The van der Waals surface area contributed by atoms with Gasteiger partial charge in [0.15, 0.2) is 0 Å². The highest BCUT2D eigenvalue weighted by atomic mass is 32.2. The summed E-state index contributed by atoms with van der Waals surface area (Å²) in [6.45, 7) is 4.21. The van der Waals surface area contributed by atoms with Gasteiger partial charge in [-0.3, -0.25) is 4.79 Å². The summed E-state index contributed by atoms with van der Waals surface area (Å²) < 4.78 is 0. The van der Waals surface area contributed by atoms with Crippen molar-refractivity contribution in [1.29, 1.82) is 0 Å². The highest BCUT2D eigenvalue weighted by Gasteiger charge is 2.06. The number of primary amides is 1. The number of nitrogens with two attached hydrogens (primary N) is 2. The second-order valence-electron chi connectivity index (χ2n) is 3.02. The van der Waals surface area contributed by atoms with Crippen molar-refractivity contribution in [1.82, 2.24) is 0 Å². The molecule has 1 amide bonds.